The molecule has 1 atom stereocenters. The van der Waals surface area contributed by atoms with E-state index in [1.54, 1.807) is 0 Å². The van der Waals surface area contributed by atoms with Gasteiger partial charge in [0.15, 0.2) is 0 Å². The van der Waals surface area contributed by atoms with E-state index in [9.17, 15) is 0 Å². The summed E-state index contributed by atoms with van der Waals surface area (Å²) >= 11 is 0. The van der Waals surface area contributed by atoms with Crippen molar-refractivity contribution in [3.8, 4) is 11.3 Å². The lowest BCUT2D eigenvalue weighted by atomic mass is 10.1. The van der Waals surface area contributed by atoms with E-state index < -0.39 is 0 Å². The summed E-state index contributed by atoms with van der Waals surface area (Å²) in [6, 6.07) is 13.0. The number of hydrogen-bond acceptors (Lipinski definition) is 1. The Balaban J connectivity index is 2.33. The van der Waals surface area contributed by atoms with E-state index in [2.05, 4.69) is 54.0 Å². The Labute approximate surface area is 96.9 Å². The summed E-state index contributed by atoms with van der Waals surface area (Å²) in [7, 11) is 0. The normalized spacial score (nSPS) is 12.6. The molecule has 0 spiro atoms. The zero-order valence-corrected chi connectivity index (χ0v) is 9.93. The highest BCUT2D eigenvalue weighted by Crippen LogP contribution is 2.23. The van der Waals surface area contributed by atoms with Gasteiger partial charge in [-0.1, -0.05) is 43.7 Å². The summed E-state index contributed by atoms with van der Waals surface area (Å²) in [5.74, 6) is 0. The van der Waals surface area contributed by atoms with Crippen LogP contribution in [0.4, 0.5) is 0 Å². The third-order valence-corrected chi connectivity index (χ3v) is 2.86. The Hall–Kier alpha value is -1.57. The van der Waals surface area contributed by atoms with Gasteiger partial charge in [-0.05, 0) is 25.0 Å². The van der Waals surface area contributed by atoms with Crippen molar-refractivity contribution in [3.63, 3.8) is 0 Å². The lowest BCUT2D eigenvalue weighted by Crippen LogP contribution is -2.08. The minimum atomic E-state index is 0.468. The summed E-state index contributed by atoms with van der Waals surface area (Å²) in [5, 5.41) is 4.43. The summed E-state index contributed by atoms with van der Waals surface area (Å²) in [6.45, 7) is 4.44. The van der Waals surface area contributed by atoms with Gasteiger partial charge in [-0.15, -0.1) is 0 Å². The zero-order chi connectivity index (χ0) is 11.4. The first-order chi connectivity index (χ1) is 7.83. The van der Waals surface area contributed by atoms with Crippen molar-refractivity contribution in [3.05, 3.63) is 42.6 Å². The monoisotopic (exact) mass is 214 g/mol. The average Bonchev–Trinajstić information content (AvgIpc) is 2.79. The van der Waals surface area contributed by atoms with Crippen molar-refractivity contribution < 1.29 is 0 Å². The Kier molecular flexibility index (Phi) is 3.40. The highest BCUT2D eigenvalue weighted by atomic mass is 15.3. The second kappa shape index (κ2) is 4.97. The summed E-state index contributed by atoms with van der Waals surface area (Å²) in [4.78, 5) is 0. The van der Waals surface area contributed by atoms with Crippen LogP contribution >= 0.6 is 0 Å². The van der Waals surface area contributed by atoms with Crippen LogP contribution in [0.2, 0.25) is 0 Å². The fourth-order valence-electron chi connectivity index (χ4n) is 2.04. The molecule has 0 N–H and O–H groups in total. The molecule has 0 aliphatic rings. The third kappa shape index (κ3) is 2.16. The van der Waals surface area contributed by atoms with Crippen LogP contribution in [0.15, 0.2) is 42.6 Å². The lowest BCUT2D eigenvalue weighted by Gasteiger charge is -2.14. The second-order valence-corrected chi connectivity index (χ2v) is 4.16. The minimum Gasteiger partial charge on any atom is -0.262 e. The molecule has 0 fully saturated rings. The maximum atomic E-state index is 4.43. The van der Waals surface area contributed by atoms with Gasteiger partial charge in [-0.25, -0.2) is 0 Å². The van der Waals surface area contributed by atoms with Crippen LogP contribution in [0.25, 0.3) is 11.3 Å². The number of nitrogens with zero attached hydrogens (tertiary/aromatic N) is 2. The molecule has 1 aromatic heterocycles. The Morgan fingerprint density at radius 3 is 2.62 bits per heavy atom. The lowest BCUT2D eigenvalue weighted by molar-refractivity contribution is 0.459. The molecule has 0 unspecified atom stereocenters. The average molecular weight is 214 g/mol. The van der Waals surface area contributed by atoms with Crippen molar-refractivity contribution in [2.75, 3.05) is 0 Å². The number of rotatable bonds is 4. The molecule has 0 aliphatic heterocycles. The summed E-state index contributed by atoms with van der Waals surface area (Å²) < 4.78 is 2.12. The van der Waals surface area contributed by atoms with E-state index in [4.69, 9.17) is 0 Å². The summed E-state index contributed by atoms with van der Waals surface area (Å²) in [6.07, 6.45) is 4.24. The molecule has 2 heteroatoms. The topological polar surface area (TPSA) is 17.8 Å². The van der Waals surface area contributed by atoms with E-state index in [-0.39, 0.29) is 0 Å². The molecule has 1 heterocycles. The highest BCUT2D eigenvalue weighted by Gasteiger charge is 2.10. The quantitative estimate of drug-likeness (QED) is 0.754. The number of hydrogen-bond donors (Lipinski definition) is 0. The van der Waals surface area contributed by atoms with Crippen molar-refractivity contribution >= 4 is 0 Å². The zero-order valence-electron chi connectivity index (χ0n) is 9.93. The molecule has 0 aliphatic carbocycles. The third-order valence-electron chi connectivity index (χ3n) is 2.86. The van der Waals surface area contributed by atoms with E-state index >= 15 is 0 Å². The fraction of sp³-hybridized carbons (Fsp3) is 0.357. The van der Waals surface area contributed by atoms with E-state index in [0.29, 0.717) is 6.04 Å². The molecule has 0 saturated carbocycles. The number of benzene rings is 1. The van der Waals surface area contributed by atoms with Crippen LogP contribution in [0.1, 0.15) is 32.7 Å². The van der Waals surface area contributed by atoms with E-state index in [0.717, 1.165) is 0 Å². The smallest absolute Gasteiger partial charge is 0.0685 e. The maximum Gasteiger partial charge on any atom is 0.0685 e. The van der Waals surface area contributed by atoms with Gasteiger partial charge in [0.25, 0.3) is 0 Å². The van der Waals surface area contributed by atoms with Gasteiger partial charge in [0.05, 0.1) is 5.69 Å². The predicted molar refractivity (Wildman–Crippen MR) is 67.3 cm³/mol. The van der Waals surface area contributed by atoms with Crippen molar-refractivity contribution in [1.29, 1.82) is 0 Å². The molecule has 0 amide bonds. The largest absolute Gasteiger partial charge is 0.262 e. The Bertz CT molecular complexity index is 431. The highest BCUT2D eigenvalue weighted by molar-refractivity contribution is 5.58. The molecule has 0 saturated heterocycles. The first-order valence-corrected chi connectivity index (χ1v) is 5.92. The van der Waals surface area contributed by atoms with Crippen LogP contribution in [-0.2, 0) is 0 Å². The Morgan fingerprint density at radius 2 is 1.94 bits per heavy atom. The number of aromatic nitrogens is 2. The van der Waals surface area contributed by atoms with E-state index in [1.165, 1.54) is 24.1 Å². The molecule has 1 aromatic carbocycles. The molecule has 0 bridgehead atoms. The van der Waals surface area contributed by atoms with Crippen molar-refractivity contribution in [2.45, 2.75) is 32.7 Å². The molecule has 16 heavy (non-hydrogen) atoms. The molecule has 2 rings (SSSR count). The van der Waals surface area contributed by atoms with Crippen LogP contribution in [-0.4, -0.2) is 9.78 Å². The standard InChI is InChI=1S/C14H18N2/c1-3-7-12(2)16-14(10-11-15-16)13-8-5-4-6-9-13/h4-6,8-12H,3,7H2,1-2H3/t12-/m1/s1. The van der Waals surface area contributed by atoms with Crippen LogP contribution < -0.4 is 0 Å². The van der Waals surface area contributed by atoms with Gasteiger partial charge in [0, 0.05) is 12.2 Å². The fourth-order valence-corrected chi connectivity index (χ4v) is 2.04. The molecular formula is C14H18N2. The van der Waals surface area contributed by atoms with Crippen LogP contribution in [0.5, 0.6) is 0 Å². The molecule has 2 aromatic rings. The summed E-state index contributed by atoms with van der Waals surface area (Å²) in [5.41, 5.74) is 2.45. The van der Waals surface area contributed by atoms with Crippen molar-refractivity contribution in [1.82, 2.24) is 9.78 Å². The molecule has 0 radical (unpaired) electrons. The van der Waals surface area contributed by atoms with Crippen molar-refractivity contribution in [2.24, 2.45) is 0 Å². The second-order valence-electron chi connectivity index (χ2n) is 4.16. The van der Waals surface area contributed by atoms with Gasteiger partial charge in [0.1, 0.15) is 0 Å². The van der Waals surface area contributed by atoms with Gasteiger partial charge >= 0.3 is 0 Å². The molecule has 84 valence electrons. The predicted octanol–water partition coefficient (Wildman–Crippen LogP) is 3.91. The molecular weight excluding hydrogens is 196 g/mol. The van der Waals surface area contributed by atoms with Gasteiger partial charge < -0.3 is 0 Å². The van der Waals surface area contributed by atoms with Gasteiger partial charge in [-0.2, -0.15) is 5.10 Å². The van der Waals surface area contributed by atoms with E-state index in [1.807, 2.05) is 12.3 Å². The SMILES string of the molecule is CCC[C@@H](C)n1nccc1-c1ccccc1. The molecule has 2 nitrogen and oxygen atoms in total. The van der Waals surface area contributed by atoms with Crippen LogP contribution in [0.3, 0.4) is 0 Å². The Morgan fingerprint density at radius 1 is 1.19 bits per heavy atom. The first-order valence-electron chi connectivity index (χ1n) is 5.92. The van der Waals surface area contributed by atoms with Crippen LogP contribution in [0, 0.1) is 0 Å². The van der Waals surface area contributed by atoms with Gasteiger partial charge in [-0.3, -0.25) is 4.68 Å². The van der Waals surface area contributed by atoms with Gasteiger partial charge in [0.2, 0.25) is 0 Å². The minimum absolute atomic E-state index is 0.468. The maximum absolute atomic E-state index is 4.43. The first kappa shape index (κ1) is 10.9.